The first-order valence-corrected chi connectivity index (χ1v) is 16.2. The first kappa shape index (κ1) is 30.9. The molecule has 2 saturated heterocycles. The van der Waals surface area contributed by atoms with E-state index in [1.165, 1.54) is 0 Å². The van der Waals surface area contributed by atoms with Crippen molar-refractivity contribution in [3.05, 3.63) is 36.2 Å². The topological polar surface area (TPSA) is 102 Å². The standard InChI is InChI=1S/C34H44N6O5/c1-4-44-31-20-27-25(18-29(31)42-2)33(37-23-36-27)39-15-13-38(14-16-39)11-7-5-6-8-17-45-32-21-28-26(19-30(32)43-3)34(41)40-12-9-10-24(40)22-35-28/h18-24H,4-17H2,1-3H3/t24-/m0/s1. The molecule has 45 heavy (non-hydrogen) atoms. The van der Waals surface area contributed by atoms with Gasteiger partial charge in [0.05, 0.1) is 50.2 Å². The zero-order chi connectivity index (χ0) is 31.2. The van der Waals surface area contributed by atoms with E-state index >= 15 is 0 Å². The third kappa shape index (κ3) is 6.78. The van der Waals surface area contributed by atoms with Gasteiger partial charge >= 0.3 is 0 Å². The summed E-state index contributed by atoms with van der Waals surface area (Å²) in [6.45, 7) is 8.85. The second-order valence-corrected chi connectivity index (χ2v) is 11.7. The summed E-state index contributed by atoms with van der Waals surface area (Å²) in [5, 5.41) is 0.985. The van der Waals surface area contributed by atoms with E-state index in [2.05, 4.69) is 24.8 Å². The van der Waals surface area contributed by atoms with Gasteiger partial charge in [-0.1, -0.05) is 12.8 Å². The molecular weight excluding hydrogens is 572 g/mol. The number of hydrogen-bond donors (Lipinski definition) is 0. The minimum Gasteiger partial charge on any atom is -0.493 e. The minimum absolute atomic E-state index is 0.0240. The molecule has 11 nitrogen and oxygen atoms in total. The van der Waals surface area contributed by atoms with Crippen LogP contribution in [-0.4, -0.2) is 105 Å². The Morgan fingerprint density at radius 3 is 2.42 bits per heavy atom. The van der Waals surface area contributed by atoms with Crippen molar-refractivity contribution < 1.29 is 23.7 Å². The van der Waals surface area contributed by atoms with E-state index in [0.29, 0.717) is 47.5 Å². The Bertz CT molecular complexity index is 1520. The van der Waals surface area contributed by atoms with E-state index in [9.17, 15) is 4.79 Å². The molecule has 0 aliphatic carbocycles. The highest BCUT2D eigenvalue weighted by molar-refractivity contribution is 6.03. The summed E-state index contributed by atoms with van der Waals surface area (Å²) in [5.74, 6) is 3.61. The lowest BCUT2D eigenvalue weighted by Gasteiger charge is -2.35. The SMILES string of the molecule is CCOc1cc2ncnc(N3CCN(CCCCCCOc4cc5c(cc4OC)C(=O)N4CCC[C@H]4C=N5)CC3)c2cc1OC. The number of aliphatic imine (C=N–C) groups is 1. The molecule has 1 aromatic heterocycles. The molecule has 1 amide bonds. The fraction of sp³-hybridized carbons (Fsp3) is 0.529. The Morgan fingerprint density at radius 2 is 1.62 bits per heavy atom. The van der Waals surface area contributed by atoms with Crippen LogP contribution in [0.3, 0.4) is 0 Å². The van der Waals surface area contributed by atoms with Crippen molar-refractivity contribution in [3.63, 3.8) is 0 Å². The van der Waals surface area contributed by atoms with E-state index in [0.717, 1.165) is 94.5 Å². The number of anilines is 1. The molecule has 11 heteroatoms. The number of hydrogen-bond acceptors (Lipinski definition) is 10. The Hall–Kier alpha value is -4.12. The highest BCUT2D eigenvalue weighted by Gasteiger charge is 2.32. The molecule has 1 atom stereocenters. The molecule has 0 radical (unpaired) electrons. The molecule has 0 N–H and O–H groups in total. The van der Waals surface area contributed by atoms with Gasteiger partial charge in [0.25, 0.3) is 5.91 Å². The Kier molecular flexibility index (Phi) is 9.83. The van der Waals surface area contributed by atoms with Crippen molar-refractivity contribution in [2.24, 2.45) is 4.99 Å². The average Bonchev–Trinajstić information content (AvgIpc) is 3.50. The van der Waals surface area contributed by atoms with Gasteiger partial charge in [0.2, 0.25) is 0 Å². The molecule has 3 aliphatic rings. The number of aromatic nitrogens is 2. The van der Waals surface area contributed by atoms with Gasteiger partial charge < -0.3 is 28.7 Å². The van der Waals surface area contributed by atoms with Crippen LogP contribution in [0.5, 0.6) is 23.0 Å². The van der Waals surface area contributed by atoms with Crippen molar-refractivity contribution in [3.8, 4) is 23.0 Å². The van der Waals surface area contributed by atoms with E-state index in [1.54, 1.807) is 26.6 Å². The third-order valence-corrected chi connectivity index (χ3v) is 8.96. The molecule has 4 heterocycles. The lowest BCUT2D eigenvalue weighted by Crippen LogP contribution is -2.47. The fourth-order valence-electron chi connectivity index (χ4n) is 6.51. The lowest BCUT2D eigenvalue weighted by molar-refractivity contribution is 0.0774. The van der Waals surface area contributed by atoms with E-state index in [1.807, 2.05) is 36.2 Å². The largest absolute Gasteiger partial charge is 0.493 e. The summed E-state index contributed by atoms with van der Waals surface area (Å²) in [4.78, 5) is 33.6. The monoisotopic (exact) mass is 616 g/mol. The van der Waals surface area contributed by atoms with Gasteiger partial charge in [0.15, 0.2) is 23.0 Å². The number of nitrogens with zero attached hydrogens (tertiary/aromatic N) is 6. The predicted molar refractivity (Wildman–Crippen MR) is 175 cm³/mol. The zero-order valence-corrected chi connectivity index (χ0v) is 26.7. The molecule has 3 aliphatic heterocycles. The number of ether oxygens (including phenoxy) is 4. The van der Waals surface area contributed by atoms with Crippen LogP contribution >= 0.6 is 0 Å². The maximum atomic E-state index is 13.1. The van der Waals surface area contributed by atoms with Crippen molar-refractivity contribution in [2.45, 2.75) is 51.5 Å². The number of carbonyl (C=O) groups is 1. The summed E-state index contributed by atoms with van der Waals surface area (Å²) in [5.41, 5.74) is 2.11. The fourth-order valence-corrected chi connectivity index (χ4v) is 6.51. The Morgan fingerprint density at radius 1 is 0.844 bits per heavy atom. The lowest BCUT2D eigenvalue weighted by atomic mass is 10.1. The molecule has 0 saturated carbocycles. The van der Waals surface area contributed by atoms with E-state index in [-0.39, 0.29) is 11.9 Å². The van der Waals surface area contributed by atoms with Gasteiger partial charge in [-0.25, -0.2) is 9.97 Å². The number of unbranched alkanes of at least 4 members (excludes halogenated alkanes) is 3. The molecule has 240 valence electrons. The van der Waals surface area contributed by atoms with Crippen LogP contribution < -0.4 is 23.8 Å². The van der Waals surface area contributed by atoms with Crippen molar-refractivity contribution >= 4 is 34.5 Å². The van der Waals surface area contributed by atoms with Gasteiger partial charge in [0.1, 0.15) is 12.1 Å². The summed E-state index contributed by atoms with van der Waals surface area (Å²) in [6, 6.07) is 7.65. The van der Waals surface area contributed by atoms with Gasteiger partial charge in [-0.3, -0.25) is 14.7 Å². The predicted octanol–water partition coefficient (Wildman–Crippen LogP) is 5.13. The number of benzene rings is 2. The van der Waals surface area contributed by atoms with Crippen LogP contribution in [0.25, 0.3) is 10.9 Å². The van der Waals surface area contributed by atoms with Crippen LogP contribution in [0.15, 0.2) is 35.6 Å². The molecule has 2 fully saturated rings. The molecule has 2 aromatic carbocycles. The number of fused-ring (bicyclic) bond motifs is 3. The summed E-state index contributed by atoms with van der Waals surface area (Å²) in [6.07, 6.45) is 9.88. The molecule has 0 spiro atoms. The molecule has 0 unspecified atom stereocenters. The third-order valence-electron chi connectivity index (χ3n) is 8.96. The second-order valence-electron chi connectivity index (χ2n) is 11.7. The van der Waals surface area contributed by atoms with Crippen LogP contribution in [0.4, 0.5) is 11.5 Å². The Labute approximate surface area is 265 Å². The first-order valence-electron chi connectivity index (χ1n) is 16.2. The number of rotatable bonds is 13. The second kappa shape index (κ2) is 14.3. The van der Waals surface area contributed by atoms with Gasteiger partial charge in [-0.2, -0.15) is 0 Å². The quantitative estimate of drug-likeness (QED) is 0.242. The van der Waals surface area contributed by atoms with Gasteiger partial charge in [-0.05, 0) is 51.3 Å². The van der Waals surface area contributed by atoms with E-state index in [4.69, 9.17) is 18.9 Å². The number of methoxy groups -OCH3 is 2. The van der Waals surface area contributed by atoms with Crippen LogP contribution in [-0.2, 0) is 0 Å². The number of piperazine rings is 1. The van der Waals surface area contributed by atoms with Crippen LogP contribution in [0, 0.1) is 0 Å². The van der Waals surface area contributed by atoms with Gasteiger partial charge in [-0.15, -0.1) is 0 Å². The van der Waals surface area contributed by atoms with E-state index < -0.39 is 0 Å². The van der Waals surface area contributed by atoms with Gasteiger partial charge in [0, 0.05) is 56.5 Å². The highest BCUT2D eigenvalue weighted by Crippen LogP contribution is 2.38. The number of carbonyl (C=O) groups excluding carboxylic acids is 1. The Balaban J connectivity index is 0.936. The molecular formula is C34H44N6O5. The highest BCUT2D eigenvalue weighted by atomic mass is 16.5. The normalized spacial score (nSPS) is 18.1. The smallest absolute Gasteiger partial charge is 0.256 e. The van der Waals surface area contributed by atoms with Crippen molar-refractivity contribution in [1.29, 1.82) is 0 Å². The van der Waals surface area contributed by atoms with Crippen LogP contribution in [0.1, 0.15) is 55.8 Å². The maximum Gasteiger partial charge on any atom is 0.256 e. The van der Waals surface area contributed by atoms with Crippen molar-refractivity contribution in [2.75, 3.05) is 71.6 Å². The summed E-state index contributed by atoms with van der Waals surface area (Å²) in [7, 11) is 3.27. The summed E-state index contributed by atoms with van der Waals surface area (Å²) >= 11 is 0. The molecule has 6 rings (SSSR count). The average molecular weight is 617 g/mol. The minimum atomic E-state index is 0.0240. The molecule has 3 aromatic rings. The maximum absolute atomic E-state index is 13.1. The zero-order valence-electron chi connectivity index (χ0n) is 26.7. The first-order chi connectivity index (χ1) is 22.1. The number of amides is 1. The molecule has 0 bridgehead atoms. The van der Waals surface area contributed by atoms with Crippen molar-refractivity contribution in [1.82, 2.24) is 19.8 Å². The summed E-state index contributed by atoms with van der Waals surface area (Å²) < 4.78 is 23.0. The van der Waals surface area contributed by atoms with Crippen LogP contribution in [0.2, 0.25) is 0 Å².